The third-order valence-corrected chi connectivity index (χ3v) is 9.34. The first-order valence-corrected chi connectivity index (χ1v) is 14.1. The van der Waals surface area contributed by atoms with Crippen LogP contribution in [0.1, 0.15) is 56.1 Å². The molecule has 3 unspecified atom stereocenters. The van der Waals surface area contributed by atoms with E-state index in [1.54, 1.807) is 6.07 Å². The van der Waals surface area contributed by atoms with E-state index in [2.05, 4.69) is 6.92 Å². The highest BCUT2D eigenvalue weighted by atomic mass is 32.2. The minimum Gasteiger partial charge on any atom is -0.493 e. The largest absolute Gasteiger partial charge is 0.493 e. The molecule has 5 atom stereocenters. The Hall–Kier alpha value is -1.32. The van der Waals surface area contributed by atoms with Gasteiger partial charge in [-0.3, -0.25) is 0 Å². The van der Waals surface area contributed by atoms with Gasteiger partial charge in [0.1, 0.15) is 9.84 Å². The SMILES string of the molecule is COc1cc2c(cc1OS(N)(=O)=O)CCC1C2CC[C@@]2(C)C1CC[C@@H]2CS(C)(=O)=O. The minimum absolute atomic E-state index is 0.0719. The molecule has 0 spiro atoms. The molecule has 0 bridgehead atoms. The van der Waals surface area contributed by atoms with Crippen LogP contribution < -0.4 is 14.1 Å². The molecular formula is C21H31NO6S2. The van der Waals surface area contributed by atoms with Crippen molar-refractivity contribution in [3.05, 3.63) is 23.3 Å². The number of aryl methyl sites for hydroxylation is 1. The Morgan fingerprint density at radius 1 is 1.10 bits per heavy atom. The standard InChI is InChI=1S/C21H31NO6S2/c1-21-9-8-15-16(18(21)7-5-14(21)12-29(3,23)24)6-4-13-10-20(28-30(22,25)26)19(27-2)11-17(13)15/h10-11,14-16,18H,4-9,12H2,1-3H3,(H2,22,25,26)/t14-,15?,16?,18?,21-/m1/s1. The molecule has 0 radical (unpaired) electrons. The van der Waals surface area contributed by atoms with Gasteiger partial charge >= 0.3 is 10.3 Å². The Morgan fingerprint density at radius 3 is 2.47 bits per heavy atom. The summed E-state index contributed by atoms with van der Waals surface area (Å²) in [5, 5.41) is 5.05. The van der Waals surface area contributed by atoms with Gasteiger partial charge in [-0.25, -0.2) is 8.42 Å². The fourth-order valence-corrected chi connectivity index (χ4v) is 8.33. The molecule has 3 aliphatic carbocycles. The van der Waals surface area contributed by atoms with E-state index in [1.807, 2.05) is 6.07 Å². The van der Waals surface area contributed by atoms with Crippen LogP contribution in [0.4, 0.5) is 0 Å². The average Bonchev–Trinajstić information content (AvgIpc) is 2.94. The fraction of sp³-hybridized carbons (Fsp3) is 0.714. The number of fused-ring (bicyclic) bond motifs is 5. The van der Waals surface area contributed by atoms with E-state index in [9.17, 15) is 16.8 Å². The first kappa shape index (κ1) is 21.9. The second-order valence-electron chi connectivity index (χ2n) is 9.60. The predicted molar refractivity (Wildman–Crippen MR) is 115 cm³/mol. The van der Waals surface area contributed by atoms with E-state index in [4.69, 9.17) is 14.1 Å². The zero-order chi connectivity index (χ0) is 21.9. The lowest BCUT2D eigenvalue weighted by Gasteiger charge is -2.51. The second-order valence-corrected chi connectivity index (χ2v) is 12.9. The van der Waals surface area contributed by atoms with Crippen molar-refractivity contribution >= 4 is 20.1 Å². The molecule has 7 nitrogen and oxygen atoms in total. The van der Waals surface area contributed by atoms with E-state index in [-0.39, 0.29) is 22.8 Å². The lowest BCUT2D eigenvalue weighted by molar-refractivity contribution is 0.0344. The van der Waals surface area contributed by atoms with E-state index in [0.29, 0.717) is 23.5 Å². The zero-order valence-electron chi connectivity index (χ0n) is 17.8. The van der Waals surface area contributed by atoms with Crippen molar-refractivity contribution in [2.45, 2.75) is 51.4 Å². The average molecular weight is 458 g/mol. The molecule has 1 aromatic rings. The molecule has 30 heavy (non-hydrogen) atoms. The summed E-state index contributed by atoms with van der Waals surface area (Å²) in [6, 6.07) is 3.67. The van der Waals surface area contributed by atoms with Gasteiger partial charge < -0.3 is 8.92 Å². The van der Waals surface area contributed by atoms with Gasteiger partial charge in [0.15, 0.2) is 11.5 Å². The lowest BCUT2D eigenvalue weighted by Crippen LogP contribution is -2.43. The summed E-state index contributed by atoms with van der Waals surface area (Å²) in [4.78, 5) is 0. The molecule has 2 N–H and O–H groups in total. The van der Waals surface area contributed by atoms with Crippen molar-refractivity contribution in [3.8, 4) is 11.5 Å². The van der Waals surface area contributed by atoms with Gasteiger partial charge in [0.2, 0.25) is 0 Å². The van der Waals surface area contributed by atoms with Gasteiger partial charge in [-0.2, -0.15) is 13.6 Å². The van der Waals surface area contributed by atoms with Crippen molar-refractivity contribution in [2.75, 3.05) is 19.1 Å². The molecule has 168 valence electrons. The van der Waals surface area contributed by atoms with E-state index >= 15 is 0 Å². The summed E-state index contributed by atoms with van der Waals surface area (Å²) in [6.07, 6.45) is 7.28. The summed E-state index contributed by atoms with van der Waals surface area (Å²) < 4.78 is 57.1. The Morgan fingerprint density at radius 2 is 1.83 bits per heavy atom. The number of rotatable bonds is 5. The summed E-state index contributed by atoms with van der Waals surface area (Å²) in [6.45, 7) is 2.30. The maximum Gasteiger partial charge on any atom is 0.380 e. The maximum atomic E-state index is 12.0. The van der Waals surface area contributed by atoms with Crippen LogP contribution in [-0.2, 0) is 26.6 Å². The van der Waals surface area contributed by atoms with Gasteiger partial charge in [0.05, 0.1) is 12.9 Å². The van der Waals surface area contributed by atoms with E-state index < -0.39 is 20.1 Å². The van der Waals surface area contributed by atoms with Crippen LogP contribution in [-0.4, -0.2) is 36.0 Å². The van der Waals surface area contributed by atoms with Crippen LogP contribution in [0.15, 0.2) is 12.1 Å². The van der Waals surface area contributed by atoms with Crippen LogP contribution in [0.2, 0.25) is 0 Å². The van der Waals surface area contributed by atoms with Crippen molar-refractivity contribution in [2.24, 2.45) is 28.3 Å². The maximum absolute atomic E-state index is 12.0. The zero-order valence-corrected chi connectivity index (χ0v) is 19.4. The van der Waals surface area contributed by atoms with Gasteiger partial charge in [0, 0.05) is 6.26 Å². The highest BCUT2D eigenvalue weighted by molar-refractivity contribution is 7.90. The molecule has 0 heterocycles. The molecule has 2 saturated carbocycles. The Kier molecular flexibility index (Phi) is 5.38. The third kappa shape index (κ3) is 3.96. The molecule has 0 aliphatic heterocycles. The van der Waals surface area contributed by atoms with Gasteiger partial charge in [-0.1, -0.05) is 6.92 Å². The summed E-state index contributed by atoms with van der Waals surface area (Å²) in [5.74, 6) is 2.43. The van der Waals surface area contributed by atoms with Gasteiger partial charge in [0.25, 0.3) is 0 Å². The predicted octanol–water partition coefficient (Wildman–Crippen LogP) is 2.79. The number of hydrogen-bond donors (Lipinski definition) is 1. The number of benzene rings is 1. The fourth-order valence-electron chi connectivity index (χ4n) is 6.68. The van der Waals surface area contributed by atoms with Crippen molar-refractivity contribution in [3.63, 3.8) is 0 Å². The van der Waals surface area contributed by atoms with Crippen LogP contribution >= 0.6 is 0 Å². The first-order chi connectivity index (χ1) is 13.9. The number of hydrogen-bond acceptors (Lipinski definition) is 6. The molecule has 4 rings (SSSR count). The van der Waals surface area contributed by atoms with E-state index in [1.165, 1.54) is 18.9 Å². The van der Waals surface area contributed by atoms with E-state index in [0.717, 1.165) is 44.1 Å². The Balaban J connectivity index is 1.65. The van der Waals surface area contributed by atoms with Crippen LogP contribution in [0.3, 0.4) is 0 Å². The van der Waals surface area contributed by atoms with Gasteiger partial charge in [-0.05, 0) is 90.9 Å². The number of sulfone groups is 1. The molecule has 0 saturated heterocycles. The molecular weight excluding hydrogens is 426 g/mol. The van der Waals surface area contributed by atoms with Crippen LogP contribution in [0.25, 0.3) is 0 Å². The topological polar surface area (TPSA) is 113 Å². The molecule has 1 aromatic carbocycles. The number of methoxy groups -OCH3 is 1. The summed E-state index contributed by atoms with van der Waals surface area (Å²) in [5.41, 5.74) is 2.37. The Labute approximate surface area is 179 Å². The number of nitrogens with two attached hydrogens (primary N) is 1. The Bertz CT molecular complexity index is 1050. The van der Waals surface area contributed by atoms with Crippen molar-refractivity contribution in [1.29, 1.82) is 0 Å². The molecule has 0 aromatic heterocycles. The van der Waals surface area contributed by atoms with Crippen LogP contribution in [0.5, 0.6) is 11.5 Å². The molecule has 2 fully saturated rings. The third-order valence-electron chi connectivity index (χ3n) is 7.92. The summed E-state index contributed by atoms with van der Waals surface area (Å²) >= 11 is 0. The summed E-state index contributed by atoms with van der Waals surface area (Å²) in [7, 11) is -5.63. The minimum atomic E-state index is -4.13. The van der Waals surface area contributed by atoms with Crippen LogP contribution in [0, 0.1) is 23.2 Å². The second kappa shape index (κ2) is 7.38. The van der Waals surface area contributed by atoms with Gasteiger partial charge in [-0.15, -0.1) is 0 Å². The molecule has 3 aliphatic rings. The smallest absolute Gasteiger partial charge is 0.380 e. The number of ether oxygens (including phenoxy) is 1. The van der Waals surface area contributed by atoms with Crippen molar-refractivity contribution < 1.29 is 25.8 Å². The van der Waals surface area contributed by atoms with Crippen molar-refractivity contribution in [1.82, 2.24) is 0 Å². The molecule has 9 heteroatoms. The lowest BCUT2D eigenvalue weighted by atomic mass is 9.54. The highest BCUT2D eigenvalue weighted by Crippen LogP contribution is 2.63. The first-order valence-electron chi connectivity index (χ1n) is 10.5. The molecule has 0 amide bonds. The normalized spacial score (nSPS) is 33.3. The quantitative estimate of drug-likeness (QED) is 0.727. The monoisotopic (exact) mass is 457 g/mol. The highest BCUT2D eigenvalue weighted by Gasteiger charge is 2.55.